The third-order valence-electron chi connectivity index (χ3n) is 11.1. The van der Waals surface area contributed by atoms with E-state index in [1.54, 1.807) is 47.9 Å². The van der Waals surface area contributed by atoms with Gasteiger partial charge in [0, 0.05) is 39.7 Å². The number of carbonyl (C=O) groups excluding carboxylic acids is 2. The zero-order chi connectivity index (χ0) is 45.0. The van der Waals surface area contributed by atoms with Crippen molar-refractivity contribution >= 4 is 55.5 Å². The number of benzene rings is 4. The molecule has 63 heavy (non-hydrogen) atoms. The molecule has 0 unspecified atom stereocenters. The molecule has 0 radical (unpaired) electrons. The summed E-state index contributed by atoms with van der Waals surface area (Å²) in [5.41, 5.74) is 9.33. The fraction of sp³-hybridized carbons (Fsp3) is 0.250. The van der Waals surface area contributed by atoms with Gasteiger partial charge in [-0.3, -0.25) is 23.9 Å². The average Bonchev–Trinajstić information content (AvgIpc) is 3.91. The monoisotopic (exact) mass is 878 g/mol. The highest BCUT2D eigenvalue weighted by Gasteiger charge is 2.33. The van der Waals surface area contributed by atoms with E-state index in [1.165, 1.54) is 12.1 Å². The number of nitriles is 1. The van der Waals surface area contributed by atoms with Gasteiger partial charge in [-0.1, -0.05) is 48.5 Å². The molecule has 8 rings (SSSR count). The van der Waals surface area contributed by atoms with E-state index in [1.807, 2.05) is 82.5 Å². The lowest BCUT2D eigenvalue weighted by molar-refractivity contribution is -0.155. The first-order valence-electron chi connectivity index (χ1n) is 20.4. The van der Waals surface area contributed by atoms with Gasteiger partial charge in [0.05, 0.1) is 33.8 Å². The summed E-state index contributed by atoms with van der Waals surface area (Å²) in [5.74, 6) is 0.682. The molecule has 4 heterocycles. The van der Waals surface area contributed by atoms with Crippen LogP contribution in [0.15, 0.2) is 94.9 Å². The van der Waals surface area contributed by atoms with E-state index in [0.29, 0.717) is 39.4 Å². The second kappa shape index (κ2) is 16.4. The van der Waals surface area contributed by atoms with Gasteiger partial charge >= 0.3 is 5.97 Å². The number of aliphatic imine (C=N–C) groups is 1. The van der Waals surface area contributed by atoms with E-state index in [2.05, 4.69) is 45.1 Å². The molecule has 0 spiro atoms. The lowest BCUT2D eigenvalue weighted by Crippen LogP contribution is -2.25. The van der Waals surface area contributed by atoms with Gasteiger partial charge in [-0.2, -0.15) is 5.26 Å². The fourth-order valence-corrected chi connectivity index (χ4v) is 10.2. The van der Waals surface area contributed by atoms with E-state index in [-0.39, 0.29) is 29.7 Å². The number of rotatable bonds is 10. The van der Waals surface area contributed by atoms with Crippen LogP contribution in [0.5, 0.6) is 0 Å². The predicted octanol–water partition coefficient (Wildman–Crippen LogP) is 9.25. The minimum atomic E-state index is -3.95. The van der Waals surface area contributed by atoms with Crippen LogP contribution in [0.3, 0.4) is 0 Å². The van der Waals surface area contributed by atoms with Crippen LogP contribution in [0.2, 0.25) is 0 Å². The molecule has 1 atom stereocenters. The number of esters is 1. The van der Waals surface area contributed by atoms with Crippen LogP contribution in [0.4, 0.5) is 5.69 Å². The lowest BCUT2D eigenvalue weighted by Gasteiger charge is -2.21. The number of H-pyrrole nitrogens is 1. The van der Waals surface area contributed by atoms with Crippen molar-refractivity contribution in [2.24, 2.45) is 4.99 Å². The molecular formula is C48H46N8O5S2. The number of ether oxygens (including phenoxy) is 1. The van der Waals surface area contributed by atoms with Gasteiger partial charge in [0.25, 0.3) is 15.9 Å². The van der Waals surface area contributed by atoms with E-state index in [0.717, 1.165) is 60.1 Å². The van der Waals surface area contributed by atoms with Gasteiger partial charge in [-0.15, -0.1) is 21.5 Å². The van der Waals surface area contributed by atoms with Crippen LogP contribution in [-0.2, 0) is 26.1 Å². The summed E-state index contributed by atoms with van der Waals surface area (Å²) < 4.78 is 37.0. The third kappa shape index (κ3) is 8.39. The van der Waals surface area contributed by atoms with Crippen LogP contribution in [0, 0.1) is 45.9 Å². The highest BCUT2D eigenvalue weighted by molar-refractivity contribution is 7.92. The van der Waals surface area contributed by atoms with Crippen LogP contribution >= 0.6 is 11.3 Å². The molecule has 0 saturated heterocycles. The Morgan fingerprint density at radius 2 is 1.63 bits per heavy atom. The number of amides is 1. The van der Waals surface area contributed by atoms with Crippen LogP contribution in [-0.4, -0.2) is 51.4 Å². The predicted molar refractivity (Wildman–Crippen MR) is 245 cm³/mol. The molecule has 1 aliphatic rings. The Labute approximate surface area is 369 Å². The van der Waals surface area contributed by atoms with Gasteiger partial charge in [0.15, 0.2) is 5.82 Å². The Balaban J connectivity index is 0.970. The van der Waals surface area contributed by atoms with Crippen molar-refractivity contribution in [2.45, 2.75) is 84.9 Å². The van der Waals surface area contributed by atoms with Crippen molar-refractivity contribution < 1.29 is 22.7 Å². The van der Waals surface area contributed by atoms with Crippen molar-refractivity contribution in [1.82, 2.24) is 25.1 Å². The maximum absolute atomic E-state index is 13.3. The zero-order valence-corrected chi connectivity index (χ0v) is 37.8. The summed E-state index contributed by atoms with van der Waals surface area (Å²) >= 11 is 1.65. The number of thiophene rings is 1. The highest BCUT2D eigenvalue weighted by Crippen LogP contribution is 2.40. The number of nitrogens with one attached hydrogen (secondary N) is 3. The molecule has 7 aromatic rings. The topological polar surface area (TPSA) is 184 Å². The number of sulfonamides is 1. The van der Waals surface area contributed by atoms with Crippen LogP contribution in [0.25, 0.3) is 27.0 Å². The maximum Gasteiger partial charge on any atom is 0.308 e. The molecule has 13 nitrogen and oxygen atoms in total. The number of fused-ring (bicyclic) bond motifs is 4. The second-order valence-electron chi connectivity index (χ2n) is 16.7. The van der Waals surface area contributed by atoms with Crippen molar-refractivity contribution in [1.29, 1.82) is 5.26 Å². The molecule has 3 aromatic heterocycles. The summed E-state index contributed by atoms with van der Waals surface area (Å²) in [6, 6.07) is 25.0. The minimum Gasteiger partial charge on any atom is -0.460 e. The Morgan fingerprint density at radius 1 is 0.921 bits per heavy atom. The third-order valence-corrected chi connectivity index (χ3v) is 13.6. The van der Waals surface area contributed by atoms with Gasteiger partial charge in [0.1, 0.15) is 28.5 Å². The molecule has 1 aliphatic heterocycles. The van der Waals surface area contributed by atoms with Gasteiger partial charge in [-0.25, -0.2) is 8.42 Å². The quantitative estimate of drug-likeness (QED) is 0.114. The molecule has 320 valence electrons. The number of hydrogen-bond acceptors (Lipinski definition) is 10. The molecule has 4 aromatic carbocycles. The molecule has 3 N–H and O–H groups in total. The number of aromatic nitrogens is 4. The molecule has 15 heteroatoms. The molecule has 0 aliphatic carbocycles. The zero-order valence-electron chi connectivity index (χ0n) is 36.2. The van der Waals surface area contributed by atoms with E-state index in [4.69, 9.17) is 9.73 Å². The van der Waals surface area contributed by atoms with Gasteiger partial charge < -0.3 is 15.0 Å². The first-order valence-corrected chi connectivity index (χ1v) is 22.7. The Hall–Kier alpha value is -6.89. The van der Waals surface area contributed by atoms with Crippen LogP contribution in [0.1, 0.15) is 99.1 Å². The fourth-order valence-electron chi connectivity index (χ4n) is 7.87. The largest absolute Gasteiger partial charge is 0.460 e. The van der Waals surface area contributed by atoms with Gasteiger partial charge in [-0.05, 0) is 119 Å². The normalized spacial score (nSPS) is 13.7. The number of aryl methyl sites for hydroxylation is 4. The minimum absolute atomic E-state index is 0.0110. The summed E-state index contributed by atoms with van der Waals surface area (Å²) in [7, 11) is -3.95. The summed E-state index contributed by atoms with van der Waals surface area (Å²) in [6.07, 6.45) is 1.57. The maximum atomic E-state index is 13.3. The highest BCUT2D eigenvalue weighted by atomic mass is 32.2. The summed E-state index contributed by atoms with van der Waals surface area (Å²) in [6.45, 7) is 15.6. The Morgan fingerprint density at radius 3 is 2.32 bits per heavy atom. The standard InChI is InChI=1S/C48H46N8O5S2/c1-26-9-20-38(44-41(26)35(23-49)25-50-44)55-63(59,60)36-17-10-31(11-18-36)24-51-46(58)34-16-19-37(27(2)21-34)32-12-14-33(15-13-32)43-42-28(3)29(4)62-47(42)56-30(5)53-54-45(56)39(52-43)22-40(57)61-48(6,7)8/h9-21,25,39,50,55H,22,24H2,1-8H3,(H,51,58)/t39-/m0/s1. The van der Waals surface area contributed by atoms with E-state index in [9.17, 15) is 23.3 Å². The van der Waals surface area contributed by atoms with Crippen molar-refractivity contribution in [3.05, 3.63) is 146 Å². The number of aromatic amines is 1. The first kappa shape index (κ1) is 42.8. The van der Waals surface area contributed by atoms with Crippen molar-refractivity contribution in [2.75, 3.05) is 4.72 Å². The van der Waals surface area contributed by atoms with E-state index >= 15 is 0 Å². The smallest absolute Gasteiger partial charge is 0.308 e. The number of carbonyl (C=O) groups is 2. The SMILES string of the molecule is Cc1cc(C(=O)NCc2ccc(S(=O)(=O)Nc3ccc(C)c4c(C#N)c[nH]c34)cc2)ccc1-c1ccc(C2=N[C@@H](CC(=O)OC(C)(C)C)c3nnc(C)n3-c3sc(C)c(C)c32)cc1. The van der Waals surface area contributed by atoms with Crippen LogP contribution < -0.4 is 10.0 Å². The first-order chi connectivity index (χ1) is 29.9. The van der Waals surface area contributed by atoms with Crippen molar-refractivity contribution in [3.63, 3.8) is 0 Å². The molecule has 0 bridgehead atoms. The molecule has 0 fully saturated rings. The average molecular weight is 879 g/mol. The number of anilines is 1. The molecule has 1 amide bonds. The Bertz CT molecular complexity index is 3150. The van der Waals surface area contributed by atoms with E-state index < -0.39 is 21.7 Å². The van der Waals surface area contributed by atoms with Gasteiger partial charge in [0.2, 0.25) is 0 Å². The summed E-state index contributed by atoms with van der Waals surface area (Å²) in [5, 5.41) is 22.9. The Kier molecular flexibility index (Phi) is 11.2. The summed E-state index contributed by atoms with van der Waals surface area (Å²) in [4.78, 5) is 36.0. The molecular weight excluding hydrogens is 833 g/mol. The molecule has 0 saturated carbocycles. The second-order valence-corrected chi connectivity index (χ2v) is 19.6. The number of hydrogen-bond donors (Lipinski definition) is 3. The lowest BCUT2D eigenvalue weighted by atomic mass is 9.94. The number of nitrogens with zero attached hydrogens (tertiary/aromatic N) is 5. The van der Waals surface area contributed by atoms with Crippen molar-refractivity contribution in [3.8, 4) is 22.2 Å².